The van der Waals surface area contributed by atoms with E-state index in [2.05, 4.69) is 20.4 Å². The fourth-order valence-corrected chi connectivity index (χ4v) is 3.36. The Balaban J connectivity index is 1.46. The van der Waals surface area contributed by atoms with E-state index in [-0.39, 0.29) is 18.6 Å². The molecule has 2 amide bonds. The van der Waals surface area contributed by atoms with Crippen molar-refractivity contribution in [3.05, 3.63) is 11.8 Å². The van der Waals surface area contributed by atoms with Crippen LogP contribution in [-0.2, 0) is 14.4 Å². The highest BCUT2D eigenvalue weighted by Gasteiger charge is 2.32. The monoisotopic (exact) mass is 448 g/mol. The van der Waals surface area contributed by atoms with Crippen molar-refractivity contribution in [2.75, 3.05) is 44.2 Å². The lowest BCUT2D eigenvalue weighted by atomic mass is 10.1. The highest BCUT2D eigenvalue weighted by atomic mass is 16.6. The minimum absolute atomic E-state index is 0.149. The number of oxime groups is 1. The maximum Gasteiger partial charge on any atom is 0.407 e. The van der Waals surface area contributed by atoms with Gasteiger partial charge in [0.05, 0.1) is 13.2 Å². The Kier molecular flexibility index (Phi) is 7.37. The van der Waals surface area contributed by atoms with Gasteiger partial charge in [0, 0.05) is 44.4 Å². The largest absolute Gasteiger partial charge is 0.478 e. The van der Waals surface area contributed by atoms with Gasteiger partial charge in [-0.2, -0.15) is 4.98 Å². The molecule has 1 saturated heterocycles. The lowest BCUT2D eigenvalue weighted by Crippen LogP contribution is -2.51. The van der Waals surface area contributed by atoms with Crippen LogP contribution in [0.1, 0.15) is 39.8 Å². The molecule has 1 aromatic rings. The molecule has 0 spiro atoms. The van der Waals surface area contributed by atoms with Crippen molar-refractivity contribution >= 4 is 23.7 Å². The van der Waals surface area contributed by atoms with E-state index in [0.717, 1.165) is 5.69 Å². The summed E-state index contributed by atoms with van der Waals surface area (Å²) in [6.07, 6.45) is -0.573. The van der Waals surface area contributed by atoms with Gasteiger partial charge in [-0.25, -0.2) is 9.78 Å². The number of anilines is 1. The molecular formula is C21H32N6O5. The van der Waals surface area contributed by atoms with Crippen molar-refractivity contribution in [2.24, 2.45) is 5.16 Å². The molecule has 2 aliphatic rings. The molecule has 1 atom stereocenters. The second-order valence-electron chi connectivity index (χ2n) is 8.71. The smallest absolute Gasteiger partial charge is 0.407 e. The van der Waals surface area contributed by atoms with E-state index in [0.29, 0.717) is 56.7 Å². The second kappa shape index (κ2) is 10.0. The summed E-state index contributed by atoms with van der Waals surface area (Å²) in [7, 11) is 0. The Morgan fingerprint density at radius 3 is 2.59 bits per heavy atom. The van der Waals surface area contributed by atoms with Crippen LogP contribution in [0.5, 0.6) is 5.88 Å². The normalized spacial score (nSPS) is 18.7. The Bertz CT molecular complexity index is 861. The van der Waals surface area contributed by atoms with E-state index in [9.17, 15) is 9.59 Å². The summed E-state index contributed by atoms with van der Waals surface area (Å²) >= 11 is 0. The first-order valence-corrected chi connectivity index (χ1v) is 10.9. The Hall–Kier alpha value is -3.11. The topological polar surface area (TPSA) is 118 Å². The number of carbonyl (C=O) groups is 2. The first-order chi connectivity index (χ1) is 15.1. The number of rotatable bonds is 6. The van der Waals surface area contributed by atoms with Gasteiger partial charge in [-0.1, -0.05) is 5.16 Å². The third-order valence-electron chi connectivity index (χ3n) is 4.81. The fourth-order valence-electron chi connectivity index (χ4n) is 3.36. The van der Waals surface area contributed by atoms with E-state index in [1.807, 2.05) is 18.7 Å². The average molecular weight is 449 g/mol. The zero-order chi connectivity index (χ0) is 23.3. The molecule has 1 aromatic heterocycles. The quantitative estimate of drug-likeness (QED) is 0.696. The van der Waals surface area contributed by atoms with Gasteiger partial charge in [0.1, 0.15) is 11.3 Å². The van der Waals surface area contributed by atoms with Crippen molar-refractivity contribution in [3.8, 4) is 5.88 Å². The summed E-state index contributed by atoms with van der Waals surface area (Å²) < 4.78 is 10.7. The fraction of sp³-hybridized carbons (Fsp3) is 0.667. The van der Waals surface area contributed by atoms with Crippen molar-refractivity contribution in [2.45, 2.75) is 52.7 Å². The van der Waals surface area contributed by atoms with Crippen molar-refractivity contribution in [3.63, 3.8) is 0 Å². The number of hydrogen-bond donors (Lipinski definition) is 1. The Morgan fingerprint density at radius 2 is 1.94 bits per heavy atom. The van der Waals surface area contributed by atoms with Gasteiger partial charge >= 0.3 is 6.09 Å². The lowest BCUT2D eigenvalue weighted by Gasteiger charge is -2.34. The van der Waals surface area contributed by atoms with Gasteiger partial charge < -0.3 is 29.4 Å². The van der Waals surface area contributed by atoms with Crippen LogP contribution in [0.3, 0.4) is 0 Å². The van der Waals surface area contributed by atoms with Crippen LogP contribution in [-0.4, -0.2) is 83.6 Å². The molecule has 32 heavy (non-hydrogen) atoms. The summed E-state index contributed by atoms with van der Waals surface area (Å²) in [6, 6.07) is 1.80. The van der Waals surface area contributed by atoms with Crippen LogP contribution in [0.4, 0.5) is 10.7 Å². The third-order valence-corrected chi connectivity index (χ3v) is 4.81. The Labute approximate surface area is 188 Å². The number of aromatic nitrogens is 2. The minimum Gasteiger partial charge on any atom is -0.478 e. The standard InChI is InChI=1S/C21H32N6O5/c1-6-30-17-11-14(2)23-19(24-17)27-9-7-26(8-10-27)18(28)16-12-15(32-25-16)13-22-20(29)31-21(3,4)5/h11,15H,6-10,12-13H2,1-5H3,(H,22,29). The molecule has 11 heteroatoms. The van der Waals surface area contributed by atoms with E-state index >= 15 is 0 Å². The van der Waals surface area contributed by atoms with Crippen LogP contribution in [0, 0.1) is 6.92 Å². The molecule has 1 fully saturated rings. The van der Waals surface area contributed by atoms with E-state index in [4.69, 9.17) is 14.3 Å². The first-order valence-electron chi connectivity index (χ1n) is 10.9. The molecule has 3 heterocycles. The number of carbonyl (C=O) groups excluding carboxylic acids is 2. The maximum absolute atomic E-state index is 12.8. The van der Waals surface area contributed by atoms with E-state index in [1.165, 1.54) is 0 Å². The van der Waals surface area contributed by atoms with E-state index < -0.39 is 11.7 Å². The number of aryl methyl sites for hydroxylation is 1. The number of hydrogen-bond acceptors (Lipinski definition) is 9. The highest BCUT2D eigenvalue weighted by Crippen LogP contribution is 2.18. The lowest BCUT2D eigenvalue weighted by molar-refractivity contribution is -0.124. The summed E-state index contributed by atoms with van der Waals surface area (Å²) in [5.74, 6) is 1.01. The predicted molar refractivity (Wildman–Crippen MR) is 118 cm³/mol. The van der Waals surface area contributed by atoms with Crippen molar-refractivity contribution < 1.29 is 23.9 Å². The first kappa shape index (κ1) is 23.6. The predicted octanol–water partition coefficient (Wildman–Crippen LogP) is 1.50. The van der Waals surface area contributed by atoms with Crippen molar-refractivity contribution in [1.82, 2.24) is 20.2 Å². The molecule has 0 saturated carbocycles. The molecule has 3 rings (SSSR count). The number of amides is 2. The summed E-state index contributed by atoms with van der Waals surface area (Å²) in [5.41, 5.74) is 0.620. The molecule has 0 aliphatic carbocycles. The molecule has 0 radical (unpaired) electrons. The molecule has 2 aliphatic heterocycles. The molecular weight excluding hydrogens is 416 g/mol. The number of nitrogens with one attached hydrogen (secondary N) is 1. The van der Waals surface area contributed by atoms with E-state index in [1.54, 1.807) is 31.7 Å². The minimum atomic E-state index is -0.575. The van der Waals surface area contributed by atoms with Gasteiger partial charge in [0.25, 0.3) is 5.91 Å². The molecule has 11 nitrogen and oxygen atoms in total. The zero-order valence-corrected chi connectivity index (χ0v) is 19.4. The van der Waals surface area contributed by atoms with Crippen molar-refractivity contribution in [1.29, 1.82) is 0 Å². The summed E-state index contributed by atoms with van der Waals surface area (Å²) in [5, 5.41) is 6.59. The number of nitrogens with zero attached hydrogens (tertiary/aromatic N) is 5. The van der Waals surface area contributed by atoms with Crippen LogP contribution in [0.2, 0.25) is 0 Å². The van der Waals surface area contributed by atoms with Gasteiger partial charge in [0.15, 0.2) is 6.10 Å². The Morgan fingerprint density at radius 1 is 1.22 bits per heavy atom. The highest BCUT2D eigenvalue weighted by molar-refractivity contribution is 6.39. The van der Waals surface area contributed by atoms with Gasteiger partial charge in [-0.15, -0.1) is 0 Å². The molecule has 0 bridgehead atoms. The summed E-state index contributed by atoms with van der Waals surface area (Å²) in [6.45, 7) is 12.2. The van der Waals surface area contributed by atoms with Crippen LogP contribution in [0.25, 0.3) is 0 Å². The number of ether oxygens (including phenoxy) is 2. The second-order valence-corrected chi connectivity index (χ2v) is 8.71. The van der Waals surface area contributed by atoms with Gasteiger partial charge in [-0.3, -0.25) is 4.79 Å². The molecule has 176 valence electrons. The van der Waals surface area contributed by atoms with Crippen LogP contribution in [0.15, 0.2) is 11.2 Å². The molecule has 0 aromatic carbocycles. The zero-order valence-electron chi connectivity index (χ0n) is 19.4. The average Bonchev–Trinajstić information content (AvgIpc) is 3.19. The molecule has 1 N–H and O–H groups in total. The number of alkyl carbamates (subject to hydrolysis) is 1. The van der Waals surface area contributed by atoms with Gasteiger partial charge in [-0.05, 0) is 34.6 Å². The molecule has 1 unspecified atom stereocenters. The number of piperazine rings is 1. The SMILES string of the molecule is CCOc1cc(C)nc(N2CCN(C(=O)C3=NOC(CNC(=O)OC(C)(C)C)C3)CC2)n1. The summed E-state index contributed by atoms with van der Waals surface area (Å²) in [4.78, 5) is 42.7. The third kappa shape index (κ3) is 6.44. The maximum atomic E-state index is 12.8. The van der Waals surface area contributed by atoms with Crippen LogP contribution < -0.4 is 15.0 Å². The van der Waals surface area contributed by atoms with Gasteiger partial charge in [0.2, 0.25) is 11.8 Å². The van der Waals surface area contributed by atoms with Crippen LogP contribution >= 0.6 is 0 Å².